The first-order valence-electron chi connectivity index (χ1n) is 7.66. The van der Waals surface area contributed by atoms with Crippen molar-refractivity contribution in [2.45, 2.75) is 10.9 Å². The summed E-state index contributed by atoms with van der Waals surface area (Å²) in [6.45, 7) is 0.633. The molecule has 0 aliphatic rings. The molecule has 1 heterocycles. The molecule has 0 amide bonds. The van der Waals surface area contributed by atoms with Crippen LogP contribution in [0.1, 0.15) is 5.56 Å². The van der Waals surface area contributed by atoms with E-state index < -0.39 is 24.5 Å². The molecule has 0 bridgehead atoms. The van der Waals surface area contributed by atoms with Gasteiger partial charge in [0.15, 0.2) is 0 Å². The van der Waals surface area contributed by atoms with Crippen LogP contribution in [-0.4, -0.2) is 38.5 Å². The van der Waals surface area contributed by atoms with Crippen LogP contribution in [0.2, 0.25) is 4.48 Å². The third kappa shape index (κ3) is 4.13. The molecule has 3 rings (SSSR count). The van der Waals surface area contributed by atoms with Crippen LogP contribution in [0.5, 0.6) is 5.75 Å². The Labute approximate surface area is 148 Å². The number of hydrogen-bond acceptors (Lipinski definition) is 3. The van der Waals surface area contributed by atoms with Gasteiger partial charge in [-0.15, -0.1) is 0 Å². The van der Waals surface area contributed by atoms with E-state index in [0.29, 0.717) is 6.61 Å². The molecule has 3 aromatic rings. The Kier molecular flexibility index (Phi) is 5.32. The van der Waals surface area contributed by atoms with Crippen molar-refractivity contribution in [1.82, 2.24) is 7.36 Å². The average Bonchev–Trinajstić information content (AvgIpc) is 3.06. The van der Waals surface area contributed by atoms with Gasteiger partial charge in [-0.1, -0.05) is 0 Å². The molecule has 0 unspecified atom stereocenters. The Morgan fingerprint density at radius 3 is 2.65 bits per heavy atom. The fourth-order valence-corrected chi connectivity index (χ4v) is 4.29. The fourth-order valence-electron chi connectivity index (χ4n) is 2.38. The summed E-state index contributed by atoms with van der Waals surface area (Å²) < 4.78 is 10.6. The zero-order chi connectivity index (χ0) is 16.1. The number of para-hydroxylation sites is 1. The Balaban J connectivity index is 1.69. The van der Waals surface area contributed by atoms with E-state index in [2.05, 4.69) is 24.1 Å². The van der Waals surface area contributed by atoms with E-state index in [1.807, 2.05) is 48.8 Å². The van der Waals surface area contributed by atoms with Crippen molar-refractivity contribution in [2.75, 3.05) is 12.3 Å². The second-order valence-electron chi connectivity index (χ2n) is 5.30. The van der Waals surface area contributed by atoms with Crippen LogP contribution < -0.4 is 10.5 Å². The van der Waals surface area contributed by atoms with Gasteiger partial charge < -0.3 is 5.73 Å². The number of nitrogens with zero attached hydrogens (tertiary/aromatic N) is 2. The Morgan fingerprint density at radius 1 is 1.13 bits per heavy atom. The zero-order valence-electron chi connectivity index (χ0n) is 13.1. The van der Waals surface area contributed by atoms with Gasteiger partial charge in [-0.05, 0) is 0 Å². The van der Waals surface area contributed by atoms with Crippen LogP contribution in [0.3, 0.4) is 0 Å². The molecule has 115 valence electrons. The topological polar surface area (TPSA) is 53.1 Å². The van der Waals surface area contributed by atoms with Crippen molar-refractivity contribution in [2.24, 2.45) is 0 Å². The minimum absolute atomic E-state index is 0.633. The van der Waals surface area contributed by atoms with Crippen LogP contribution in [0.4, 0.5) is 5.69 Å². The average molecular weight is 498 g/mol. The van der Waals surface area contributed by atoms with Crippen molar-refractivity contribution in [1.29, 1.82) is 0 Å². The van der Waals surface area contributed by atoms with Gasteiger partial charge in [0.05, 0.1) is 0 Å². The van der Waals surface area contributed by atoms with E-state index in [0.717, 1.165) is 29.1 Å². The first-order valence-corrected chi connectivity index (χ1v) is 14.2. The first-order chi connectivity index (χ1) is 11.3. The summed E-state index contributed by atoms with van der Waals surface area (Å²) in [5, 5.41) is 0. The molecule has 0 aliphatic heterocycles. The van der Waals surface area contributed by atoms with Crippen molar-refractivity contribution in [3.63, 3.8) is 0 Å². The summed E-state index contributed by atoms with van der Waals surface area (Å²) in [4.78, 5) is 4.52. The summed E-state index contributed by atoms with van der Waals surface area (Å²) in [6.07, 6.45) is 4.93. The Bertz CT molecular complexity index is 768. The molecule has 2 aromatic carbocycles. The standard InChI is InChI=1S/C17H16N3O.CH3.Tl/c18-14-7-5-13(6-8-14)9-10-21-17-4-2-1-3-15(17)16-11-19-12-20-16;;/h1-8,11-12H,9-10,18H2;1H3;/q-1;;+1. The Hall–Kier alpha value is -1.83. The fraction of sp³-hybridized carbons (Fsp3) is 0.167. The van der Waals surface area contributed by atoms with Crippen LogP contribution in [-0.2, 0) is 6.42 Å². The van der Waals surface area contributed by atoms with E-state index in [-0.39, 0.29) is 0 Å². The van der Waals surface area contributed by atoms with Gasteiger partial charge in [0.1, 0.15) is 0 Å². The molecule has 0 atom stereocenters. The van der Waals surface area contributed by atoms with Gasteiger partial charge in [-0.3, -0.25) is 0 Å². The summed E-state index contributed by atoms with van der Waals surface area (Å²) in [5.74, 6) is 0.888. The second-order valence-corrected chi connectivity index (χ2v) is 9.63. The number of ether oxygens (including phenoxy) is 1. The molecule has 4 nitrogen and oxygen atoms in total. The van der Waals surface area contributed by atoms with Crippen LogP contribution >= 0.6 is 0 Å². The van der Waals surface area contributed by atoms with Crippen molar-refractivity contribution >= 4 is 30.2 Å². The number of hydrogen-bond donors (Lipinski definition) is 1. The van der Waals surface area contributed by atoms with E-state index in [4.69, 9.17) is 10.5 Å². The van der Waals surface area contributed by atoms with Gasteiger partial charge in [-0.2, -0.15) is 0 Å². The number of nitrogens with two attached hydrogens (primary N) is 1. The van der Waals surface area contributed by atoms with E-state index in [1.54, 1.807) is 0 Å². The number of anilines is 1. The number of benzene rings is 2. The normalized spacial score (nSPS) is 10.3. The molecule has 5 heteroatoms. The molecular weight excluding hydrogens is 479 g/mol. The number of imidazole rings is 1. The maximum absolute atomic E-state index is 6.01. The summed E-state index contributed by atoms with van der Waals surface area (Å²) in [5.41, 5.74) is 9.77. The molecule has 0 saturated heterocycles. The van der Waals surface area contributed by atoms with Gasteiger partial charge in [0, 0.05) is 0 Å². The number of rotatable bonds is 6. The van der Waals surface area contributed by atoms with Gasteiger partial charge in [0.25, 0.3) is 0 Å². The van der Waals surface area contributed by atoms with Gasteiger partial charge in [-0.25, -0.2) is 0 Å². The van der Waals surface area contributed by atoms with Crippen LogP contribution in [0.15, 0.2) is 61.1 Å². The van der Waals surface area contributed by atoms with Crippen LogP contribution in [0.25, 0.3) is 11.3 Å². The Morgan fingerprint density at radius 2 is 1.91 bits per heavy atom. The molecular formula is C18H19N3OTl. The summed E-state index contributed by atoms with van der Waals surface area (Å²) in [6, 6.07) is 16.0. The molecule has 2 N–H and O–H groups in total. The van der Waals surface area contributed by atoms with Crippen molar-refractivity contribution in [3.05, 3.63) is 66.6 Å². The van der Waals surface area contributed by atoms with Crippen molar-refractivity contribution in [3.8, 4) is 17.0 Å². The summed E-state index contributed by atoms with van der Waals surface area (Å²) >= 11 is -0.839. The molecule has 0 spiro atoms. The SMILES string of the molecule is [CH3][Tl][n]1cnc(-c2ccccc2OCCc2ccc(N)cc2)c1. The van der Waals surface area contributed by atoms with Crippen LogP contribution in [0, 0.1) is 0 Å². The van der Waals surface area contributed by atoms with Gasteiger partial charge in [0.2, 0.25) is 0 Å². The maximum atomic E-state index is 6.01. The van der Waals surface area contributed by atoms with E-state index in [1.165, 1.54) is 5.56 Å². The van der Waals surface area contributed by atoms with Gasteiger partial charge >= 0.3 is 143 Å². The molecule has 0 fully saturated rings. The monoisotopic (exact) mass is 498 g/mol. The second kappa shape index (κ2) is 7.63. The predicted octanol–water partition coefficient (Wildman–Crippen LogP) is 3.27. The first kappa shape index (κ1) is 16.0. The molecule has 23 heavy (non-hydrogen) atoms. The molecule has 0 aliphatic carbocycles. The third-order valence-electron chi connectivity index (χ3n) is 3.69. The van der Waals surface area contributed by atoms with Crippen molar-refractivity contribution < 1.29 is 4.74 Å². The minimum atomic E-state index is -0.839. The summed E-state index contributed by atoms with van der Waals surface area (Å²) in [7, 11) is 0. The molecule has 1 aromatic heterocycles. The molecule has 0 saturated carbocycles. The zero-order valence-corrected chi connectivity index (χ0v) is 17.6. The third-order valence-corrected chi connectivity index (χ3v) is 7.11. The van der Waals surface area contributed by atoms with E-state index in [9.17, 15) is 0 Å². The molecule has 0 radical (unpaired) electrons. The number of nitrogen functional groups attached to an aromatic ring is 1. The quantitative estimate of drug-likeness (QED) is 0.420. The van der Waals surface area contributed by atoms with E-state index >= 15 is 0 Å². The number of aromatic nitrogens is 2. The predicted molar refractivity (Wildman–Crippen MR) is 94.7 cm³/mol.